The van der Waals surface area contributed by atoms with Gasteiger partial charge in [-0.1, -0.05) is 42.2 Å². The van der Waals surface area contributed by atoms with Crippen molar-refractivity contribution in [2.24, 2.45) is 0 Å². The van der Waals surface area contributed by atoms with Gasteiger partial charge in [-0.25, -0.2) is 22.4 Å². The van der Waals surface area contributed by atoms with Gasteiger partial charge in [0, 0.05) is 19.0 Å². The van der Waals surface area contributed by atoms with Crippen molar-refractivity contribution in [2.45, 2.75) is 13.0 Å². The van der Waals surface area contributed by atoms with Gasteiger partial charge in [-0.15, -0.1) is 0 Å². The van der Waals surface area contributed by atoms with Crippen LogP contribution in [0.4, 0.5) is 22.4 Å². The van der Waals surface area contributed by atoms with Gasteiger partial charge in [0.2, 0.25) is 0 Å². The predicted octanol–water partition coefficient (Wildman–Crippen LogP) is 3.91. The summed E-state index contributed by atoms with van der Waals surface area (Å²) < 4.78 is 57.7. The van der Waals surface area contributed by atoms with Gasteiger partial charge < -0.3 is 10.1 Å². The average Bonchev–Trinajstić information content (AvgIpc) is 2.61. The van der Waals surface area contributed by atoms with Gasteiger partial charge in [-0.05, 0) is 5.56 Å². The Morgan fingerprint density at radius 1 is 1.04 bits per heavy atom. The second kappa shape index (κ2) is 8.73. The molecule has 0 fully saturated rings. The Morgan fingerprint density at radius 3 is 2.32 bits per heavy atom. The summed E-state index contributed by atoms with van der Waals surface area (Å²) in [7, 11) is 0. The van der Waals surface area contributed by atoms with Crippen molar-refractivity contribution in [2.75, 3.05) is 6.54 Å². The highest BCUT2D eigenvalue weighted by atomic mass is 19.2. The first-order valence-electron chi connectivity index (χ1n) is 7.25. The Kier molecular flexibility index (Phi) is 6.40. The molecule has 0 spiro atoms. The molecule has 1 N–H and O–H groups in total. The summed E-state index contributed by atoms with van der Waals surface area (Å²) >= 11 is 0. The smallest absolute Gasteiger partial charge is 0.407 e. The van der Waals surface area contributed by atoms with E-state index in [0.717, 1.165) is 5.56 Å². The monoisotopic (exact) mass is 351 g/mol. The van der Waals surface area contributed by atoms with E-state index < -0.39 is 34.9 Å². The molecule has 0 aliphatic heterocycles. The van der Waals surface area contributed by atoms with Crippen LogP contribution in [0.1, 0.15) is 17.5 Å². The van der Waals surface area contributed by atoms with Crippen LogP contribution in [0.3, 0.4) is 0 Å². The molecule has 0 aliphatic carbocycles. The van der Waals surface area contributed by atoms with E-state index in [9.17, 15) is 22.4 Å². The highest BCUT2D eigenvalue weighted by molar-refractivity contribution is 5.67. The summed E-state index contributed by atoms with van der Waals surface area (Å²) in [5, 5.41) is 2.39. The Morgan fingerprint density at radius 2 is 1.68 bits per heavy atom. The molecule has 2 rings (SSSR count). The topological polar surface area (TPSA) is 38.3 Å². The maximum absolute atomic E-state index is 13.4. The van der Waals surface area contributed by atoms with Crippen molar-refractivity contribution in [3.05, 3.63) is 70.8 Å². The van der Waals surface area contributed by atoms with E-state index in [1.165, 1.54) is 0 Å². The molecule has 25 heavy (non-hydrogen) atoms. The Hall–Kier alpha value is -3.01. The van der Waals surface area contributed by atoms with E-state index in [1.807, 2.05) is 12.0 Å². The fraction of sp³-hybridized carbons (Fsp3) is 0.167. The molecule has 0 aromatic heterocycles. The highest BCUT2D eigenvalue weighted by Crippen LogP contribution is 2.18. The largest absolute Gasteiger partial charge is 0.445 e. The van der Waals surface area contributed by atoms with Crippen molar-refractivity contribution < 1.29 is 27.1 Å². The van der Waals surface area contributed by atoms with E-state index in [0.29, 0.717) is 0 Å². The molecule has 0 saturated heterocycles. The van der Waals surface area contributed by atoms with E-state index in [1.54, 1.807) is 24.3 Å². The average molecular weight is 351 g/mol. The molecule has 130 valence electrons. The van der Waals surface area contributed by atoms with Gasteiger partial charge in [-0.2, -0.15) is 0 Å². The first kappa shape index (κ1) is 18.3. The normalized spacial score (nSPS) is 9.92. The van der Waals surface area contributed by atoms with Crippen LogP contribution < -0.4 is 5.32 Å². The van der Waals surface area contributed by atoms with Gasteiger partial charge in [0.25, 0.3) is 0 Å². The molecule has 2 aromatic rings. The number of ether oxygens (including phenoxy) is 1. The van der Waals surface area contributed by atoms with Crippen molar-refractivity contribution in [1.82, 2.24) is 5.32 Å². The number of hydrogen-bond acceptors (Lipinski definition) is 2. The van der Waals surface area contributed by atoms with Crippen molar-refractivity contribution >= 4 is 6.09 Å². The second-order valence-electron chi connectivity index (χ2n) is 4.88. The van der Waals surface area contributed by atoms with Gasteiger partial charge in [0.15, 0.2) is 23.3 Å². The van der Waals surface area contributed by atoms with Crippen molar-refractivity contribution in [1.29, 1.82) is 0 Å². The number of benzene rings is 2. The van der Waals surface area contributed by atoms with Crippen LogP contribution in [0, 0.1) is 35.1 Å². The third kappa shape index (κ3) is 5.24. The van der Waals surface area contributed by atoms with Crippen LogP contribution in [0.15, 0.2) is 36.4 Å². The number of alkyl carbamates (subject to hydrolysis) is 1. The SMILES string of the molecule is O=C(NCCC#Cc1c(F)c(F)cc(F)c1F)OCc1ccccc1. The summed E-state index contributed by atoms with van der Waals surface area (Å²) in [5.74, 6) is -1.80. The molecule has 0 unspecified atom stereocenters. The molecule has 0 radical (unpaired) electrons. The van der Waals surface area contributed by atoms with Crippen molar-refractivity contribution in [3.63, 3.8) is 0 Å². The van der Waals surface area contributed by atoms with Crippen LogP contribution >= 0.6 is 0 Å². The Balaban J connectivity index is 1.80. The third-order valence-electron chi connectivity index (χ3n) is 3.06. The summed E-state index contributed by atoms with van der Waals surface area (Å²) in [6.45, 7) is 0.138. The number of carbonyl (C=O) groups is 1. The zero-order valence-corrected chi connectivity index (χ0v) is 12.9. The van der Waals surface area contributed by atoms with Crippen LogP contribution in [0.5, 0.6) is 0 Å². The zero-order chi connectivity index (χ0) is 18.2. The minimum atomic E-state index is -1.55. The fourth-order valence-corrected chi connectivity index (χ4v) is 1.84. The number of hydrogen-bond donors (Lipinski definition) is 1. The predicted molar refractivity (Wildman–Crippen MR) is 82.4 cm³/mol. The summed E-state index contributed by atoms with van der Waals surface area (Å²) in [5.41, 5.74) is -0.166. The number of carbonyl (C=O) groups excluding carboxylic acids is 1. The third-order valence-corrected chi connectivity index (χ3v) is 3.06. The van der Waals surface area contributed by atoms with Crippen molar-refractivity contribution in [3.8, 4) is 11.8 Å². The molecular weight excluding hydrogens is 338 g/mol. The fourth-order valence-electron chi connectivity index (χ4n) is 1.84. The molecule has 0 aliphatic rings. The summed E-state index contributed by atoms with van der Waals surface area (Å²) in [6.07, 6.45) is -0.669. The Labute approximate surface area is 141 Å². The summed E-state index contributed by atoms with van der Waals surface area (Å²) in [6, 6.07) is 9.14. The maximum Gasteiger partial charge on any atom is 0.407 e. The van der Waals surface area contributed by atoms with Crippen LogP contribution in [-0.2, 0) is 11.3 Å². The van der Waals surface area contributed by atoms with Gasteiger partial charge in [0.1, 0.15) is 12.2 Å². The number of amides is 1. The quantitative estimate of drug-likeness (QED) is 0.393. The molecule has 1 amide bonds. The highest BCUT2D eigenvalue weighted by Gasteiger charge is 2.17. The lowest BCUT2D eigenvalue weighted by Crippen LogP contribution is -2.24. The Bertz CT molecular complexity index is 787. The molecule has 0 heterocycles. The minimum Gasteiger partial charge on any atom is -0.445 e. The lowest BCUT2D eigenvalue weighted by Gasteiger charge is -2.05. The van der Waals surface area contributed by atoms with Crippen LogP contribution in [0.2, 0.25) is 0 Å². The molecule has 0 bridgehead atoms. The van der Waals surface area contributed by atoms with E-state index >= 15 is 0 Å². The van der Waals surface area contributed by atoms with Gasteiger partial charge in [-0.3, -0.25) is 0 Å². The van der Waals surface area contributed by atoms with Crippen LogP contribution in [0.25, 0.3) is 0 Å². The standard InChI is InChI=1S/C18H13F4NO2/c19-14-10-15(20)17(22)13(16(14)21)8-4-5-9-23-18(24)25-11-12-6-2-1-3-7-12/h1-3,6-7,10H,5,9,11H2,(H,23,24). The van der Waals surface area contributed by atoms with E-state index in [4.69, 9.17) is 4.74 Å². The molecule has 0 saturated carbocycles. The van der Waals surface area contributed by atoms with Crippen LogP contribution in [-0.4, -0.2) is 12.6 Å². The molecular formula is C18H13F4NO2. The minimum absolute atomic E-state index is 0.0114. The summed E-state index contributed by atoms with van der Waals surface area (Å²) in [4.78, 5) is 11.4. The van der Waals surface area contributed by atoms with E-state index in [-0.39, 0.29) is 25.6 Å². The first-order chi connectivity index (χ1) is 12.0. The molecule has 3 nitrogen and oxygen atoms in total. The second-order valence-corrected chi connectivity index (χ2v) is 4.88. The number of rotatable bonds is 4. The molecule has 0 atom stereocenters. The zero-order valence-electron chi connectivity index (χ0n) is 12.9. The van der Waals surface area contributed by atoms with Gasteiger partial charge >= 0.3 is 6.09 Å². The lowest BCUT2D eigenvalue weighted by atomic mass is 10.2. The number of halogens is 4. The lowest BCUT2D eigenvalue weighted by molar-refractivity contribution is 0.140. The molecule has 7 heteroatoms. The maximum atomic E-state index is 13.4. The number of nitrogens with one attached hydrogen (secondary N) is 1. The van der Waals surface area contributed by atoms with Gasteiger partial charge in [0.05, 0.1) is 0 Å². The molecule has 2 aromatic carbocycles. The van der Waals surface area contributed by atoms with E-state index in [2.05, 4.69) is 11.2 Å². The first-order valence-corrected chi connectivity index (χ1v) is 7.25.